The lowest BCUT2D eigenvalue weighted by molar-refractivity contribution is 0.0473. The van der Waals surface area contributed by atoms with Gasteiger partial charge >= 0.3 is 5.97 Å². The normalized spacial score (nSPS) is 13.3. The van der Waals surface area contributed by atoms with Crippen LogP contribution in [0.5, 0.6) is 0 Å². The molecule has 2 heterocycles. The summed E-state index contributed by atoms with van der Waals surface area (Å²) in [5.74, 6) is -1.37. The number of aromatic amines is 1. The molecule has 9 heteroatoms. The number of aromatic nitrogens is 1. The molecule has 0 fully saturated rings. The zero-order valence-corrected chi connectivity index (χ0v) is 20.6. The number of carbonyl (C=O) groups excluding carboxylic acids is 3. The molecule has 1 N–H and O–H groups in total. The Bertz CT molecular complexity index is 1420. The van der Waals surface area contributed by atoms with Gasteiger partial charge in [0.15, 0.2) is 12.4 Å². The molecular formula is C26H26N2O6S. The number of rotatable bonds is 7. The summed E-state index contributed by atoms with van der Waals surface area (Å²) >= 11 is 0. The third kappa shape index (κ3) is 4.64. The van der Waals surface area contributed by atoms with Crippen molar-refractivity contribution < 1.29 is 27.5 Å². The fourth-order valence-corrected chi connectivity index (χ4v) is 6.02. The van der Waals surface area contributed by atoms with E-state index in [-0.39, 0.29) is 21.9 Å². The molecule has 0 amide bonds. The lowest BCUT2D eigenvalue weighted by atomic mass is 10.0. The second kappa shape index (κ2) is 9.50. The molecule has 8 nitrogen and oxygen atoms in total. The van der Waals surface area contributed by atoms with Gasteiger partial charge in [-0.3, -0.25) is 13.9 Å². The van der Waals surface area contributed by atoms with Gasteiger partial charge in [-0.15, -0.1) is 0 Å². The zero-order chi connectivity index (χ0) is 25.3. The molecule has 0 radical (unpaired) electrons. The van der Waals surface area contributed by atoms with Crippen LogP contribution in [0.4, 0.5) is 5.69 Å². The van der Waals surface area contributed by atoms with E-state index in [1.54, 1.807) is 19.9 Å². The number of H-pyrrole nitrogens is 1. The Balaban J connectivity index is 1.46. The lowest BCUT2D eigenvalue weighted by Gasteiger charge is -2.30. The van der Waals surface area contributed by atoms with Crippen LogP contribution in [0.15, 0.2) is 53.4 Å². The van der Waals surface area contributed by atoms with E-state index >= 15 is 0 Å². The lowest BCUT2D eigenvalue weighted by Crippen LogP contribution is -2.35. The van der Waals surface area contributed by atoms with Gasteiger partial charge in [-0.1, -0.05) is 18.2 Å². The number of para-hydroxylation sites is 1. The molecule has 0 aliphatic carbocycles. The summed E-state index contributed by atoms with van der Waals surface area (Å²) in [6.07, 6.45) is 1.55. The van der Waals surface area contributed by atoms with E-state index in [9.17, 15) is 22.8 Å². The second-order valence-electron chi connectivity index (χ2n) is 8.51. The van der Waals surface area contributed by atoms with E-state index in [0.29, 0.717) is 29.1 Å². The summed E-state index contributed by atoms with van der Waals surface area (Å²) in [4.78, 5) is 39.7. The van der Waals surface area contributed by atoms with Crippen molar-refractivity contribution in [2.75, 3.05) is 17.5 Å². The molecule has 4 rings (SSSR count). The zero-order valence-electron chi connectivity index (χ0n) is 19.8. The standard InChI is InChI=1S/C26H26N2O6S/c1-16-24(18(3)29)17(2)27-25(16)23(30)15-34-26(31)20-10-12-21(13-11-20)35(32,33)28-14-6-8-19-7-4-5-9-22(19)28/h4-5,7,9-13,27H,6,8,14-15H2,1-3H3. The van der Waals surface area contributed by atoms with Crippen LogP contribution in [0.1, 0.15) is 61.4 Å². The molecule has 1 aromatic heterocycles. The Labute approximate surface area is 204 Å². The van der Waals surface area contributed by atoms with Crippen molar-refractivity contribution in [2.24, 2.45) is 0 Å². The quantitative estimate of drug-likeness (QED) is 0.392. The average molecular weight is 495 g/mol. The van der Waals surface area contributed by atoms with Gasteiger partial charge in [0.05, 0.1) is 21.8 Å². The average Bonchev–Trinajstić information content (AvgIpc) is 3.15. The maximum absolute atomic E-state index is 13.2. The monoisotopic (exact) mass is 494 g/mol. The number of aryl methyl sites for hydroxylation is 2. The van der Waals surface area contributed by atoms with E-state index in [1.807, 2.05) is 18.2 Å². The molecule has 0 bridgehead atoms. The fourth-order valence-electron chi connectivity index (χ4n) is 4.48. The fraction of sp³-hybridized carbons (Fsp3) is 0.269. The van der Waals surface area contributed by atoms with Gasteiger partial charge in [0.25, 0.3) is 10.0 Å². The predicted octanol–water partition coefficient (Wildman–Crippen LogP) is 4.02. The first-order valence-electron chi connectivity index (χ1n) is 11.2. The highest BCUT2D eigenvalue weighted by Gasteiger charge is 2.29. The molecule has 0 saturated carbocycles. The van der Waals surface area contributed by atoms with Gasteiger partial charge in [-0.2, -0.15) is 0 Å². The van der Waals surface area contributed by atoms with Crippen LogP contribution >= 0.6 is 0 Å². The molecule has 0 spiro atoms. The minimum Gasteiger partial charge on any atom is -0.454 e. The van der Waals surface area contributed by atoms with Gasteiger partial charge in [-0.25, -0.2) is 13.2 Å². The van der Waals surface area contributed by atoms with E-state index in [1.165, 1.54) is 35.5 Å². The summed E-state index contributed by atoms with van der Waals surface area (Å²) in [6.45, 7) is 4.65. The second-order valence-corrected chi connectivity index (χ2v) is 10.4. The maximum Gasteiger partial charge on any atom is 0.338 e. The predicted molar refractivity (Wildman–Crippen MR) is 131 cm³/mol. The SMILES string of the molecule is CC(=O)c1c(C)[nH]c(C(=O)COC(=O)c2ccc(S(=O)(=O)N3CCCc4ccccc43)cc2)c1C. The molecule has 35 heavy (non-hydrogen) atoms. The van der Waals surface area contributed by atoms with Crippen LogP contribution in [-0.2, 0) is 21.2 Å². The number of anilines is 1. The van der Waals surface area contributed by atoms with Crippen LogP contribution in [-0.4, -0.2) is 44.1 Å². The van der Waals surface area contributed by atoms with Crippen molar-refractivity contribution in [1.29, 1.82) is 0 Å². The van der Waals surface area contributed by atoms with Gasteiger partial charge in [0, 0.05) is 17.8 Å². The van der Waals surface area contributed by atoms with Crippen LogP contribution in [0, 0.1) is 13.8 Å². The molecule has 3 aromatic rings. The van der Waals surface area contributed by atoms with Crippen LogP contribution in [0.3, 0.4) is 0 Å². The molecule has 1 aliphatic heterocycles. The summed E-state index contributed by atoms with van der Waals surface area (Å²) in [6, 6.07) is 12.9. The Morgan fingerprint density at radius 1 is 1.03 bits per heavy atom. The number of nitrogens with zero attached hydrogens (tertiary/aromatic N) is 1. The Hall–Kier alpha value is -3.72. The number of nitrogens with one attached hydrogen (secondary N) is 1. The summed E-state index contributed by atoms with van der Waals surface area (Å²) in [5.41, 5.74) is 3.55. The van der Waals surface area contributed by atoms with Crippen LogP contribution in [0.2, 0.25) is 0 Å². The number of hydrogen-bond acceptors (Lipinski definition) is 6. The summed E-state index contributed by atoms with van der Waals surface area (Å²) in [5, 5.41) is 0. The highest BCUT2D eigenvalue weighted by atomic mass is 32.2. The van der Waals surface area contributed by atoms with Gasteiger partial charge in [0.2, 0.25) is 5.78 Å². The van der Waals surface area contributed by atoms with E-state index in [0.717, 1.165) is 18.4 Å². The van der Waals surface area contributed by atoms with Crippen molar-refractivity contribution in [2.45, 2.75) is 38.5 Å². The first kappa shape index (κ1) is 24.4. The topological polar surface area (TPSA) is 114 Å². The van der Waals surface area contributed by atoms with Gasteiger partial charge in [-0.05, 0) is 75.1 Å². The molecular weight excluding hydrogens is 468 g/mol. The number of Topliss-reactive ketones (excluding diaryl/α,β-unsaturated/α-hetero) is 2. The van der Waals surface area contributed by atoms with Crippen molar-refractivity contribution >= 4 is 33.2 Å². The van der Waals surface area contributed by atoms with Crippen LogP contribution < -0.4 is 4.31 Å². The number of ketones is 2. The van der Waals surface area contributed by atoms with E-state index in [4.69, 9.17) is 4.74 Å². The molecule has 2 aromatic carbocycles. The number of hydrogen-bond donors (Lipinski definition) is 1. The Morgan fingerprint density at radius 2 is 1.71 bits per heavy atom. The third-order valence-corrected chi connectivity index (χ3v) is 7.98. The smallest absolute Gasteiger partial charge is 0.338 e. The largest absolute Gasteiger partial charge is 0.454 e. The summed E-state index contributed by atoms with van der Waals surface area (Å²) < 4.78 is 33.0. The van der Waals surface area contributed by atoms with Crippen LogP contribution in [0.25, 0.3) is 0 Å². The maximum atomic E-state index is 13.2. The minimum absolute atomic E-state index is 0.0658. The first-order valence-corrected chi connectivity index (χ1v) is 12.7. The molecule has 0 atom stereocenters. The summed E-state index contributed by atoms with van der Waals surface area (Å²) in [7, 11) is -3.80. The molecule has 1 aliphatic rings. The number of sulfonamides is 1. The van der Waals surface area contributed by atoms with Crippen molar-refractivity contribution in [3.63, 3.8) is 0 Å². The highest BCUT2D eigenvalue weighted by Crippen LogP contribution is 2.31. The number of benzene rings is 2. The van der Waals surface area contributed by atoms with Gasteiger partial charge in [0.1, 0.15) is 0 Å². The number of fused-ring (bicyclic) bond motifs is 1. The van der Waals surface area contributed by atoms with Gasteiger partial charge < -0.3 is 9.72 Å². The van der Waals surface area contributed by atoms with Crippen molar-refractivity contribution in [3.05, 3.63) is 82.2 Å². The van der Waals surface area contributed by atoms with Crippen molar-refractivity contribution in [1.82, 2.24) is 4.98 Å². The van der Waals surface area contributed by atoms with E-state index < -0.39 is 28.4 Å². The number of ether oxygens (including phenoxy) is 1. The minimum atomic E-state index is -3.80. The Morgan fingerprint density at radius 3 is 2.37 bits per heavy atom. The van der Waals surface area contributed by atoms with E-state index in [2.05, 4.69) is 4.98 Å². The molecule has 0 unspecified atom stereocenters. The first-order chi connectivity index (χ1) is 16.6. The third-order valence-electron chi connectivity index (χ3n) is 6.15. The molecule has 0 saturated heterocycles. The highest BCUT2D eigenvalue weighted by molar-refractivity contribution is 7.92. The number of carbonyl (C=O) groups is 3. The Kier molecular flexibility index (Phi) is 6.62. The van der Waals surface area contributed by atoms with Crippen molar-refractivity contribution in [3.8, 4) is 0 Å². The number of esters is 1. The molecule has 182 valence electrons.